The molecule has 5 heteroatoms. The van der Waals surface area contributed by atoms with Crippen molar-refractivity contribution in [3.05, 3.63) is 145 Å². The third-order valence-electron chi connectivity index (χ3n) is 9.35. The van der Waals surface area contributed by atoms with E-state index in [1.807, 2.05) is 18.3 Å². The number of hydrogen-bond donors (Lipinski definition) is 0. The maximum Gasteiger partial charge on any atom is 0.503 e. The summed E-state index contributed by atoms with van der Waals surface area (Å²) >= 11 is 0. The highest BCUT2D eigenvalue weighted by atomic mass is 16.5. The van der Waals surface area contributed by atoms with E-state index in [-0.39, 0.29) is 10.8 Å². The van der Waals surface area contributed by atoms with Crippen molar-refractivity contribution in [2.24, 2.45) is 0 Å². The largest absolute Gasteiger partial charge is 0.503 e. The van der Waals surface area contributed by atoms with Crippen molar-refractivity contribution in [2.45, 2.75) is 52.4 Å². The maximum absolute atomic E-state index is 6.59. The zero-order valence-electron chi connectivity index (χ0n) is 28.9. The van der Waals surface area contributed by atoms with Crippen LogP contribution in [-0.2, 0) is 10.8 Å². The molecule has 5 nitrogen and oxygen atoms in total. The summed E-state index contributed by atoms with van der Waals surface area (Å²) in [6.45, 7) is 13.4. The second-order valence-corrected chi connectivity index (χ2v) is 14.8. The van der Waals surface area contributed by atoms with Gasteiger partial charge in [-0.3, -0.25) is 4.57 Å². The molecule has 0 saturated heterocycles. The minimum absolute atomic E-state index is 0.00830. The summed E-state index contributed by atoms with van der Waals surface area (Å²) in [5, 5.41) is 2.35. The summed E-state index contributed by atoms with van der Waals surface area (Å²) < 4.78 is 13.1. The van der Waals surface area contributed by atoms with Crippen LogP contribution in [0.25, 0.3) is 27.6 Å². The Morgan fingerprint density at radius 3 is 1.94 bits per heavy atom. The number of hydrogen-bond acceptors (Lipinski definition) is 2. The first-order chi connectivity index (χ1) is 23.5. The van der Waals surface area contributed by atoms with Crippen LogP contribution in [0.2, 0.25) is 0 Å². The van der Waals surface area contributed by atoms with Crippen LogP contribution in [0.1, 0.15) is 52.7 Å². The van der Waals surface area contributed by atoms with Crippen LogP contribution in [0.4, 0.5) is 22.7 Å². The molecule has 49 heavy (non-hydrogen) atoms. The third-order valence-corrected chi connectivity index (χ3v) is 9.35. The predicted molar refractivity (Wildman–Crippen MR) is 203 cm³/mol. The Morgan fingerprint density at radius 2 is 1.20 bits per heavy atom. The zero-order chi connectivity index (χ0) is 33.9. The second-order valence-electron chi connectivity index (χ2n) is 14.8. The van der Waals surface area contributed by atoms with Gasteiger partial charge in [0.05, 0.1) is 17.1 Å². The molecule has 8 rings (SSSR count). The van der Waals surface area contributed by atoms with E-state index in [2.05, 4.69) is 177 Å². The molecule has 7 aromatic rings. The van der Waals surface area contributed by atoms with E-state index < -0.39 is 0 Å². The SMILES string of the molecule is CC(C)(C)c1ccc([N+]2=C=[N+](c3cccc(Oc4ccc5c6ccccc6n(-c6cc(C(C)(C)C)ccn6)c5c4)c3)c3ccccc32)cc1. The van der Waals surface area contributed by atoms with Gasteiger partial charge in [0.25, 0.3) is 11.4 Å². The number of para-hydroxylation sites is 3. The van der Waals surface area contributed by atoms with Crippen molar-refractivity contribution in [3.8, 4) is 17.3 Å². The molecule has 0 amide bonds. The fourth-order valence-electron chi connectivity index (χ4n) is 6.64. The van der Waals surface area contributed by atoms with Crippen molar-refractivity contribution in [3.63, 3.8) is 0 Å². The summed E-state index contributed by atoms with van der Waals surface area (Å²) in [5.41, 5.74) is 9.01. The van der Waals surface area contributed by atoms with Gasteiger partial charge in [-0.2, -0.15) is 0 Å². The lowest BCUT2D eigenvalue weighted by atomic mass is 9.87. The van der Waals surface area contributed by atoms with Crippen LogP contribution in [0.3, 0.4) is 0 Å². The van der Waals surface area contributed by atoms with Gasteiger partial charge in [-0.15, -0.1) is 0 Å². The van der Waals surface area contributed by atoms with Crippen LogP contribution in [0.5, 0.6) is 11.5 Å². The van der Waals surface area contributed by atoms with Gasteiger partial charge in [0.15, 0.2) is 0 Å². The molecule has 5 aromatic carbocycles. The topological polar surface area (TPSA) is 33.1 Å². The number of nitrogens with zero attached hydrogens (tertiary/aromatic N) is 4. The number of rotatable bonds is 5. The average Bonchev–Trinajstić information content (AvgIpc) is 3.64. The first kappa shape index (κ1) is 30.6. The Balaban J connectivity index is 1.19. The smallest absolute Gasteiger partial charge is 0.457 e. The van der Waals surface area contributed by atoms with Gasteiger partial charge in [-0.1, -0.05) is 90.1 Å². The second kappa shape index (κ2) is 11.4. The van der Waals surface area contributed by atoms with Crippen molar-refractivity contribution in [1.29, 1.82) is 0 Å². The van der Waals surface area contributed by atoms with Crippen LogP contribution in [-0.4, -0.2) is 15.6 Å². The van der Waals surface area contributed by atoms with E-state index in [1.54, 1.807) is 0 Å². The van der Waals surface area contributed by atoms with Gasteiger partial charge in [0, 0.05) is 53.4 Å². The molecule has 0 aliphatic carbocycles. The molecule has 1 aliphatic heterocycles. The van der Waals surface area contributed by atoms with Crippen LogP contribution >= 0.6 is 0 Å². The predicted octanol–water partition coefficient (Wildman–Crippen LogP) is 11.4. The van der Waals surface area contributed by atoms with Gasteiger partial charge < -0.3 is 4.74 Å². The van der Waals surface area contributed by atoms with Gasteiger partial charge in [0.1, 0.15) is 17.3 Å². The third kappa shape index (κ3) is 5.52. The van der Waals surface area contributed by atoms with Gasteiger partial charge >= 0.3 is 6.01 Å². The van der Waals surface area contributed by atoms with E-state index in [4.69, 9.17) is 9.72 Å². The summed E-state index contributed by atoms with van der Waals surface area (Å²) in [6, 6.07) is 48.2. The molecule has 3 heterocycles. The van der Waals surface area contributed by atoms with E-state index in [1.165, 1.54) is 16.5 Å². The molecule has 0 radical (unpaired) electrons. The fraction of sp³-hybridized carbons (Fsp3) is 0.182. The van der Waals surface area contributed by atoms with Gasteiger partial charge in [-0.25, -0.2) is 4.98 Å². The Morgan fingerprint density at radius 1 is 0.551 bits per heavy atom. The number of aromatic nitrogens is 2. The summed E-state index contributed by atoms with van der Waals surface area (Å²) in [7, 11) is 0. The van der Waals surface area contributed by atoms with Gasteiger partial charge in [0.2, 0.25) is 11.4 Å². The van der Waals surface area contributed by atoms with Crippen molar-refractivity contribution in [2.75, 3.05) is 0 Å². The monoisotopic (exact) mass is 640 g/mol. The fourth-order valence-corrected chi connectivity index (χ4v) is 6.64. The molecule has 0 spiro atoms. The number of ether oxygens (including phenoxy) is 1. The quantitative estimate of drug-likeness (QED) is 0.175. The Labute approximate surface area is 287 Å². The van der Waals surface area contributed by atoms with E-state index >= 15 is 0 Å². The molecular weight excluding hydrogens is 601 g/mol. The number of pyridine rings is 1. The van der Waals surface area contributed by atoms with E-state index in [0.29, 0.717) is 0 Å². The van der Waals surface area contributed by atoms with Crippen molar-refractivity contribution >= 4 is 50.6 Å². The molecular formula is C44H40N4O+2. The lowest BCUT2D eigenvalue weighted by Crippen LogP contribution is -2.12. The van der Waals surface area contributed by atoms with Crippen molar-refractivity contribution < 1.29 is 4.74 Å². The minimum atomic E-state index is 0.00830. The molecule has 0 atom stereocenters. The van der Waals surface area contributed by atoms with Crippen LogP contribution < -0.4 is 13.9 Å². The number of fused-ring (bicyclic) bond motifs is 4. The summed E-state index contributed by atoms with van der Waals surface area (Å²) in [6.07, 6.45) is 1.91. The zero-order valence-corrected chi connectivity index (χ0v) is 28.9. The number of benzene rings is 5. The lowest BCUT2D eigenvalue weighted by molar-refractivity contribution is 0.483. The molecule has 0 saturated carbocycles. The molecule has 0 unspecified atom stereocenters. The Kier molecular flexibility index (Phi) is 7.13. The summed E-state index contributed by atoms with van der Waals surface area (Å²) in [4.78, 5) is 4.83. The van der Waals surface area contributed by atoms with Crippen molar-refractivity contribution in [1.82, 2.24) is 18.7 Å². The lowest BCUT2D eigenvalue weighted by Gasteiger charge is -2.20. The Bertz CT molecular complexity index is 2470. The minimum Gasteiger partial charge on any atom is -0.457 e. The highest BCUT2D eigenvalue weighted by Crippen LogP contribution is 2.39. The Hall–Kier alpha value is -5.77. The molecule has 0 N–H and O–H groups in total. The van der Waals surface area contributed by atoms with E-state index in [0.717, 1.165) is 56.5 Å². The highest BCUT2D eigenvalue weighted by molar-refractivity contribution is 6.09. The first-order valence-corrected chi connectivity index (χ1v) is 16.9. The molecule has 240 valence electrons. The molecule has 1 aliphatic rings. The van der Waals surface area contributed by atoms with E-state index in [9.17, 15) is 0 Å². The molecule has 0 fully saturated rings. The average molecular weight is 641 g/mol. The normalized spacial score (nSPS) is 13.0. The van der Waals surface area contributed by atoms with Crippen LogP contribution in [0, 0.1) is 0 Å². The summed E-state index contributed by atoms with van der Waals surface area (Å²) in [5.74, 6) is 2.41. The van der Waals surface area contributed by atoms with Crippen LogP contribution in [0.15, 0.2) is 134 Å². The first-order valence-electron chi connectivity index (χ1n) is 16.9. The maximum atomic E-state index is 6.59. The molecule has 2 aromatic heterocycles. The van der Waals surface area contributed by atoms with Gasteiger partial charge in [-0.05, 0) is 67.5 Å². The molecule has 0 bridgehead atoms. The highest BCUT2D eigenvalue weighted by Gasteiger charge is 2.36. The standard InChI is InChI=1S/C44H40N4O/c1-43(2,3)30-18-20-32(21-19-30)46-29-47(40-17-10-9-16-39(40)46)33-12-11-13-34(27-33)49-35-22-23-37-36-14-7-8-15-38(36)48(41(37)28-35)42-26-31(24-25-45-42)44(4,5)6/h7-28H,1-6H3/q+2.